The Balaban J connectivity index is 2.20. The number of hydrogen-bond acceptors (Lipinski definition) is 3. The first-order valence-corrected chi connectivity index (χ1v) is 5.78. The van der Waals surface area contributed by atoms with E-state index in [2.05, 4.69) is 17.4 Å². The zero-order chi connectivity index (χ0) is 11.4. The molecular formula is C13H19NO2. The van der Waals surface area contributed by atoms with Gasteiger partial charge in [0.2, 0.25) is 0 Å². The third kappa shape index (κ3) is 2.30. The molecule has 16 heavy (non-hydrogen) atoms. The molecule has 1 aromatic carbocycles. The van der Waals surface area contributed by atoms with Gasteiger partial charge in [0, 0.05) is 6.54 Å². The largest absolute Gasteiger partial charge is 0.493 e. The molecule has 1 heterocycles. The Hall–Kier alpha value is -1.22. The summed E-state index contributed by atoms with van der Waals surface area (Å²) in [5, 5.41) is 3.43. The van der Waals surface area contributed by atoms with Crippen molar-refractivity contribution in [2.24, 2.45) is 0 Å². The fourth-order valence-corrected chi connectivity index (χ4v) is 2.24. The second-order valence-corrected chi connectivity index (χ2v) is 4.16. The van der Waals surface area contributed by atoms with Crippen LogP contribution in [0.2, 0.25) is 0 Å². The molecule has 0 amide bonds. The van der Waals surface area contributed by atoms with Crippen molar-refractivity contribution in [2.75, 3.05) is 27.3 Å². The van der Waals surface area contributed by atoms with Crippen molar-refractivity contribution in [3.63, 3.8) is 0 Å². The predicted octanol–water partition coefficient (Wildman–Crippen LogP) is 2.17. The van der Waals surface area contributed by atoms with E-state index < -0.39 is 0 Å². The molecule has 0 bridgehead atoms. The molecule has 0 aromatic heterocycles. The summed E-state index contributed by atoms with van der Waals surface area (Å²) in [4.78, 5) is 0. The van der Waals surface area contributed by atoms with Gasteiger partial charge in [-0.15, -0.1) is 0 Å². The van der Waals surface area contributed by atoms with Crippen LogP contribution in [-0.4, -0.2) is 27.3 Å². The molecule has 1 atom stereocenters. The van der Waals surface area contributed by atoms with Gasteiger partial charge in [0.1, 0.15) is 0 Å². The van der Waals surface area contributed by atoms with E-state index in [4.69, 9.17) is 9.47 Å². The zero-order valence-electron chi connectivity index (χ0n) is 9.95. The first kappa shape index (κ1) is 11.3. The molecule has 1 saturated heterocycles. The number of hydrogen-bond donors (Lipinski definition) is 1. The maximum Gasteiger partial charge on any atom is 0.160 e. The van der Waals surface area contributed by atoms with Gasteiger partial charge in [-0.1, -0.05) is 6.07 Å². The van der Waals surface area contributed by atoms with E-state index in [1.54, 1.807) is 14.2 Å². The van der Waals surface area contributed by atoms with E-state index in [9.17, 15) is 0 Å². The molecule has 1 fully saturated rings. The van der Waals surface area contributed by atoms with E-state index in [1.807, 2.05) is 6.07 Å². The Morgan fingerprint density at radius 1 is 1.19 bits per heavy atom. The number of benzene rings is 1. The van der Waals surface area contributed by atoms with Crippen molar-refractivity contribution >= 4 is 0 Å². The Kier molecular flexibility index (Phi) is 3.67. The fraction of sp³-hybridized carbons (Fsp3) is 0.538. The Morgan fingerprint density at radius 2 is 2.00 bits per heavy atom. The van der Waals surface area contributed by atoms with Crippen LogP contribution in [0.1, 0.15) is 24.3 Å². The minimum atomic E-state index is 0.605. The second kappa shape index (κ2) is 5.21. The van der Waals surface area contributed by atoms with Gasteiger partial charge >= 0.3 is 0 Å². The molecule has 0 saturated carbocycles. The lowest BCUT2D eigenvalue weighted by atomic mass is 9.91. The monoisotopic (exact) mass is 221 g/mol. The third-order valence-electron chi connectivity index (χ3n) is 3.18. The summed E-state index contributed by atoms with van der Waals surface area (Å²) in [6.07, 6.45) is 2.50. The van der Waals surface area contributed by atoms with Crippen molar-refractivity contribution in [1.29, 1.82) is 0 Å². The van der Waals surface area contributed by atoms with E-state index >= 15 is 0 Å². The van der Waals surface area contributed by atoms with E-state index in [1.165, 1.54) is 18.4 Å². The third-order valence-corrected chi connectivity index (χ3v) is 3.18. The molecule has 0 radical (unpaired) electrons. The van der Waals surface area contributed by atoms with E-state index in [0.29, 0.717) is 5.92 Å². The van der Waals surface area contributed by atoms with Crippen LogP contribution in [-0.2, 0) is 0 Å². The molecule has 1 aromatic rings. The molecule has 3 nitrogen and oxygen atoms in total. The Bertz CT molecular complexity index is 346. The van der Waals surface area contributed by atoms with Gasteiger partial charge in [-0.25, -0.2) is 0 Å². The molecule has 1 unspecified atom stereocenters. The van der Waals surface area contributed by atoms with Crippen LogP contribution in [0.5, 0.6) is 11.5 Å². The lowest BCUT2D eigenvalue weighted by Crippen LogP contribution is -2.28. The van der Waals surface area contributed by atoms with Crippen LogP contribution < -0.4 is 14.8 Å². The summed E-state index contributed by atoms with van der Waals surface area (Å²) in [7, 11) is 3.35. The summed E-state index contributed by atoms with van der Waals surface area (Å²) in [5.74, 6) is 2.23. The van der Waals surface area contributed by atoms with Crippen molar-refractivity contribution in [3.8, 4) is 11.5 Å². The van der Waals surface area contributed by atoms with Gasteiger partial charge < -0.3 is 14.8 Å². The van der Waals surface area contributed by atoms with Gasteiger partial charge in [-0.3, -0.25) is 0 Å². The molecule has 0 aliphatic carbocycles. The Labute approximate surface area is 96.8 Å². The fourth-order valence-electron chi connectivity index (χ4n) is 2.24. The smallest absolute Gasteiger partial charge is 0.160 e. The maximum atomic E-state index is 5.32. The highest BCUT2D eigenvalue weighted by Crippen LogP contribution is 2.32. The van der Waals surface area contributed by atoms with Crippen LogP contribution in [0, 0.1) is 0 Å². The quantitative estimate of drug-likeness (QED) is 0.848. The van der Waals surface area contributed by atoms with E-state index in [0.717, 1.165) is 24.6 Å². The zero-order valence-corrected chi connectivity index (χ0v) is 9.95. The van der Waals surface area contributed by atoms with Crippen LogP contribution in [0.25, 0.3) is 0 Å². The molecule has 2 rings (SSSR count). The average molecular weight is 221 g/mol. The van der Waals surface area contributed by atoms with Gasteiger partial charge in [-0.2, -0.15) is 0 Å². The van der Waals surface area contributed by atoms with Crippen molar-refractivity contribution in [2.45, 2.75) is 18.8 Å². The summed E-state index contributed by atoms with van der Waals surface area (Å²) in [6, 6.07) is 6.22. The van der Waals surface area contributed by atoms with Crippen molar-refractivity contribution in [1.82, 2.24) is 5.32 Å². The molecule has 1 N–H and O–H groups in total. The lowest BCUT2D eigenvalue weighted by molar-refractivity contribution is 0.353. The number of piperidine rings is 1. The number of rotatable bonds is 3. The standard InChI is InChI=1S/C13H19NO2/c1-15-12-6-5-10(8-13(12)16-2)11-4-3-7-14-9-11/h5-6,8,11,14H,3-4,7,9H2,1-2H3. The highest BCUT2D eigenvalue weighted by molar-refractivity contribution is 5.44. The summed E-state index contributed by atoms with van der Waals surface area (Å²) < 4.78 is 10.6. The predicted molar refractivity (Wildman–Crippen MR) is 64.4 cm³/mol. The molecule has 3 heteroatoms. The van der Waals surface area contributed by atoms with Crippen LogP contribution in [0.3, 0.4) is 0 Å². The van der Waals surface area contributed by atoms with Gasteiger partial charge in [0.25, 0.3) is 0 Å². The molecule has 0 spiro atoms. The summed E-state index contributed by atoms with van der Waals surface area (Å²) in [6.45, 7) is 2.21. The minimum Gasteiger partial charge on any atom is -0.493 e. The van der Waals surface area contributed by atoms with E-state index in [-0.39, 0.29) is 0 Å². The second-order valence-electron chi connectivity index (χ2n) is 4.16. The normalized spacial score (nSPS) is 20.5. The van der Waals surface area contributed by atoms with Gasteiger partial charge in [0.15, 0.2) is 11.5 Å². The number of nitrogens with one attached hydrogen (secondary N) is 1. The highest BCUT2D eigenvalue weighted by atomic mass is 16.5. The van der Waals surface area contributed by atoms with Gasteiger partial charge in [-0.05, 0) is 43.0 Å². The first-order chi connectivity index (χ1) is 7.85. The molecular weight excluding hydrogens is 202 g/mol. The first-order valence-electron chi connectivity index (χ1n) is 5.78. The molecule has 88 valence electrons. The van der Waals surface area contributed by atoms with Crippen molar-refractivity contribution in [3.05, 3.63) is 23.8 Å². The number of ether oxygens (including phenoxy) is 2. The summed E-state index contributed by atoms with van der Waals surface area (Å²) in [5.41, 5.74) is 1.34. The van der Waals surface area contributed by atoms with Gasteiger partial charge in [0.05, 0.1) is 14.2 Å². The molecule has 1 aliphatic heterocycles. The maximum absolute atomic E-state index is 5.32. The SMILES string of the molecule is COc1ccc(C2CCCNC2)cc1OC. The van der Waals surface area contributed by atoms with Crippen molar-refractivity contribution < 1.29 is 9.47 Å². The Morgan fingerprint density at radius 3 is 2.62 bits per heavy atom. The summed E-state index contributed by atoms with van der Waals surface area (Å²) >= 11 is 0. The van der Waals surface area contributed by atoms with Crippen LogP contribution >= 0.6 is 0 Å². The topological polar surface area (TPSA) is 30.5 Å². The number of methoxy groups -OCH3 is 2. The average Bonchev–Trinajstić information content (AvgIpc) is 2.39. The minimum absolute atomic E-state index is 0.605. The molecule has 1 aliphatic rings. The van der Waals surface area contributed by atoms with Crippen LogP contribution in [0.15, 0.2) is 18.2 Å². The highest BCUT2D eigenvalue weighted by Gasteiger charge is 2.16. The lowest BCUT2D eigenvalue weighted by Gasteiger charge is -2.23. The van der Waals surface area contributed by atoms with Crippen LogP contribution in [0.4, 0.5) is 0 Å².